The molecule has 1 aliphatic rings. The van der Waals surface area contributed by atoms with Crippen molar-refractivity contribution < 1.29 is 9.66 Å². The Hall–Kier alpha value is -0.940. The number of ether oxygens (including phenoxy) is 1. The van der Waals surface area contributed by atoms with Gasteiger partial charge in [0, 0.05) is 6.07 Å². The van der Waals surface area contributed by atoms with E-state index in [9.17, 15) is 10.1 Å². The van der Waals surface area contributed by atoms with Crippen LogP contribution in [0.25, 0.3) is 0 Å². The Morgan fingerprint density at radius 3 is 2.85 bits per heavy atom. The first-order valence-electron chi connectivity index (χ1n) is 3.74. The number of hydrogen-bond acceptors (Lipinski definition) is 3. The van der Waals surface area contributed by atoms with Crippen LogP contribution in [0.1, 0.15) is 11.7 Å². The molecule has 1 atom stereocenters. The Morgan fingerprint density at radius 1 is 1.62 bits per heavy atom. The lowest BCUT2D eigenvalue weighted by atomic mass is 10.1. The summed E-state index contributed by atoms with van der Waals surface area (Å²) in [6, 6.07) is 5.05. The van der Waals surface area contributed by atoms with Crippen molar-refractivity contribution in [3.05, 3.63) is 38.3 Å². The smallest absolute Gasteiger partial charge is 0.283 e. The summed E-state index contributed by atoms with van der Waals surface area (Å²) in [4.78, 5) is 10.1. The third-order valence-corrected chi connectivity index (χ3v) is 2.54. The summed E-state index contributed by atoms with van der Waals surface area (Å²) in [6.45, 7) is 0.665. The Kier molecular flexibility index (Phi) is 2.05. The maximum absolute atomic E-state index is 10.6. The first kappa shape index (κ1) is 8.65. The molecule has 0 bridgehead atoms. The zero-order valence-corrected chi connectivity index (χ0v) is 8.15. The number of benzene rings is 1. The minimum absolute atomic E-state index is 0.0619. The van der Waals surface area contributed by atoms with Gasteiger partial charge >= 0.3 is 0 Å². The lowest BCUT2D eigenvalue weighted by Crippen LogP contribution is -1.91. The van der Waals surface area contributed by atoms with E-state index in [1.54, 1.807) is 12.1 Å². The number of rotatable bonds is 2. The fourth-order valence-corrected chi connectivity index (χ4v) is 1.50. The van der Waals surface area contributed by atoms with Gasteiger partial charge in [0.15, 0.2) is 0 Å². The summed E-state index contributed by atoms with van der Waals surface area (Å²) in [5.41, 5.74) is 0.961. The van der Waals surface area contributed by atoms with Crippen LogP contribution in [-0.4, -0.2) is 11.5 Å². The molecule has 0 unspecified atom stereocenters. The Balaban J connectivity index is 2.41. The quantitative estimate of drug-likeness (QED) is 0.456. The van der Waals surface area contributed by atoms with E-state index in [2.05, 4.69) is 15.9 Å². The van der Waals surface area contributed by atoms with Crippen molar-refractivity contribution in [2.24, 2.45) is 0 Å². The standard InChI is InChI=1S/C8H6BrNO3/c9-6-2-1-5(8-4-13-8)3-7(6)10(11)12/h1-3,8H,4H2/t8-/m0/s1. The molecule has 1 aromatic rings. The zero-order chi connectivity index (χ0) is 9.42. The number of hydrogen-bond donors (Lipinski definition) is 0. The second kappa shape index (κ2) is 3.08. The highest BCUT2D eigenvalue weighted by molar-refractivity contribution is 9.10. The summed E-state index contributed by atoms with van der Waals surface area (Å²) in [5, 5.41) is 10.6. The van der Waals surface area contributed by atoms with Gasteiger partial charge in [-0.1, -0.05) is 6.07 Å². The Bertz CT molecular complexity index is 362. The van der Waals surface area contributed by atoms with Crippen LogP contribution in [0, 0.1) is 10.1 Å². The highest BCUT2D eigenvalue weighted by Crippen LogP contribution is 2.34. The minimum atomic E-state index is -0.407. The summed E-state index contributed by atoms with van der Waals surface area (Å²) in [5.74, 6) is 0. The fraction of sp³-hybridized carbons (Fsp3) is 0.250. The monoisotopic (exact) mass is 243 g/mol. The molecule has 0 amide bonds. The van der Waals surface area contributed by atoms with E-state index in [1.165, 1.54) is 0 Å². The number of nitro groups is 1. The zero-order valence-electron chi connectivity index (χ0n) is 6.57. The highest BCUT2D eigenvalue weighted by atomic mass is 79.9. The van der Waals surface area contributed by atoms with Crippen molar-refractivity contribution in [2.75, 3.05) is 6.61 Å². The summed E-state index contributed by atoms with van der Waals surface area (Å²) in [6.07, 6.45) is 0.0619. The lowest BCUT2D eigenvalue weighted by Gasteiger charge is -1.97. The Labute approximate surface area is 82.8 Å². The van der Waals surface area contributed by atoms with Gasteiger partial charge in [0.1, 0.15) is 6.10 Å². The predicted molar refractivity (Wildman–Crippen MR) is 49.5 cm³/mol. The first-order valence-corrected chi connectivity index (χ1v) is 4.53. The molecule has 0 aromatic heterocycles. The first-order chi connectivity index (χ1) is 6.18. The van der Waals surface area contributed by atoms with Crippen molar-refractivity contribution in [2.45, 2.75) is 6.10 Å². The van der Waals surface area contributed by atoms with Crippen molar-refractivity contribution in [3.8, 4) is 0 Å². The van der Waals surface area contributed by atoms with Gasteiger partial charge in [-0.2, -0.15) is 0 Å². The van der Waals surface area contributed by atoms with Crippen molar-refractivity contribution in [1.29, 1.82) is 0 Å². The molecule has 5 heteroatoms. The molecule has 1 heterocycles. The lowest BCUT2D eigenvalue weighted by molar-refractivity contribution is -0.385. The van der Waals surface area contributed by atoms with E-state index in [0.717, 1.165) is 5.56 Å². The van der Waals surface area contributed by atoms with Crippen LogP contribution >= 0.6 is 15.9 Å². The molecule has 0 spiro atoms. The van der Waals surface area contributed by atoms with Gasteiger partial charge in [0.25, 0.3) is 5.69 Å². The van der Waals surface area contributed by atoms with E-state index in [4.69, 9.17) is 4.74 Å². The van der Waals surface area contributed by atoms with Gasteiger partial charge in [-0.15, -0.1) is 0 Å². The molecule has 1 aromatic carbocycles. The van der Waals surface area contributed by atoms with Crippen LogP contribution in [0.4, 0.5) is 5.69 Å². The van der Waals surface area contributed by atoms with Crippen molar-refractivity contribution >= 4 is 21.6 Å². The summed E-state index contributed by atoms with van der Waals surface area (Å²) >= 11 is 3.12. The van der Waals surface area contributed by atoms with Gasteiger partial charge in [-0.25, -0.2) is 0 Å². The normalized spacial score (nSPS) is 19.9. The molecule has 1 aliphatic heterocycles. The third-order valence-electron chi connectivity index (χ3n) is 1.87. The molecular weight excluding hydrogens is 238 g/mol. The van der Waals surface area contributed by atoms with Gasteiger partial charge < -0.3 is 4.74 Å². The maximum Gasteiger partial charge on any atom is 0.283 e. The molecule has 2 rings (SSSR count). The molecule has 13 heavy (non-hydrogen) atoms. The molecule has 0 saturated carbocycles. The van der Waals surface area contributed by atoms with Crippen LogP contribution in [0.15, 0.2) is 22.7 Å². The number of nitro benzene ring substituents is 1. The molecule has 4 nitrogen and oxygen atoms in total. The molecule has 1 fully saturated rings. The van der Waals surface area contributed by atoms with Crippen molar-refractivity contribution in [1.82, 2.24) is 0 Å². The third kappa shape index (κ3) is 1.71. The maximum atomic E-state index is 10.6. The number of nitrogens with zero attached hydrogens (tertiary/aromatic N) is 1. The van der Waals surface area contributed by atoms with E-state index >= 15 is 0 Å². The van der Waals surface area contributed by atoms with Gasteiger partial charge in [0.05, 0.1) is 16.0 Å². The minimum Gasteiger partial charge on any atom is -0.368 e. The Morgan fingerprint density at radius 2 is 2.31 bits per heavy atom. The molecule has 1 saturated heterocycles. The van der Waals surface area contributed by atoms with Crippen LogP contribution in [0.3, 0.4) is 0 Å². The number of halogens is 1. The van der Waals surface area contributed by atoms with Crippen LogP contribution in [0.5, 0.6) is 0 Å². The SMILES string of the molecule is O=[N+]([O-])c1cc([C@@H]2CO2)ccc1Br. The second-order valence-electron chi connectivity index (χ2n) is 2.79. The predicted octanol–water partition coefficient (Wildman–Crippen LogP) is 2.43. The summed E-state index contributed by atoms with van der Waals surface area (Å²) in [7, 11) is 0. The van der Waals surface area contributed by atoms with E-state index in [1.807, 2.05) is 6.07 Å². The van der Waals surface area contributed by atoms with Gasteiger partial charge in [-0.3, -0.25) is 10.1 Å². The molecule has 0 radical (unpaired) electrons. The largest absolute Gasteiger partial charge is 0.368 e. The van der Waals surface area contributed by atoms with Crippen LogP contribution in [-0.2, 0) is 4.74 Å². The fourth-order valence-electron chi connectivity index (χ4n) is 1.11. The topological polar surface area (TPSA) is 55.7 Å². The van der Waals surface area contributed by atoms with E-state index < -0.39 is 4.92 Å². The molecule has 68 valence electrons. The molecule has 0 aliphatic carbocycles. The average Bonchev–Trinajstić information content (AvgIpc) is 2.87. The number of epoxide rings is 1. The van der Waals surface area contributed by atoms with E-state index in [-0.39, 0.29) is 11.8 Å². The van der Waals surface area contributed by atoms with Crippen LogP contribution < -0.4 is 0 Å². The molecule has 0 N–H and O–H groups in total. The second-order valence-corrected chi connectivity index (χ2v) is 3.64. The van der Waals surface area contributed by atoms with Gasteiger partial charge in [-0.05, 0) is 27.6 Å². The molecular formula is C8H6BrNO3. The van der Waals surface area contributed by atoms with Crippen molar-refractivity contribution in [3.63, 3.8) is 0 Å². The van der Waals surface area contributed by atoms with Gasteiger partial charge in [0.2, 0.25) is 0 Å². The van der Waals surface area contributed by atoms with Crippen LogP contribution in [0.2, 0.25) is 0 Å². The average molecular weight is 244 g/mol. The summed E-state index contributed by atoms with van der Waals surface area (Å²) < 4.78 is 5.53. The van der Waals surface area contributed by atoms with E-state index in [0.29, 0.717) is 11.1 Å². The highest BCUT2D eigenvalue weighted by Gasteiger charge is 2.27.